The average Bonchev–Trinajstić information content (AvgIpc) is 3.23. The van der Waals surface area contributed by atoms with Crippen molar-refractivity contribution in [1.29, 1.82) is 0 Å². The van der Waals surface area contributed by atoms with Gasteiger partial charge in [0.25, 0.3) is 0 Å². The van der Waals surface area contributed by atoms with Gasteiger partial charge in [-0.25, -0.2) is 0 Å². The lowest BCUT2D eigenvalue weighted by atomic mass is 9.89. The molecule has 3 fully saturated rings. The van der Waals surface area contributed by atoms with Crippen LogP contribution in [0, 0.1) is 0 Å². The molecule has 0 N–H and O–H groups in total. The minimum atomic E-state index is -0.0109. The SMILES string of the molecule is O=C1CCCN1[C@H]1CCO[C@]2(CCN(Cc3cccs3)C2)C1. The van der Waals surface area contributed by atoms with E-state index in [1.165, 1.54) is 4.88 Å². The molecule has 1 aromatic rings. The molecule has 3 saturated heterocycles. The van der Waals surface area contributed by atoms with Crippen LogP contribution in [0.25, 0.3) is 0 Å². The maximum absolute atomic E-state index is 12.0. The van der Waals surface area contributed by atoms with Gasteiger partial charge in [0.2, 0.25) is 5.91 Å². The van der Waals surface area contributed by atoms with Gasteiger partial charge in [-0.05, 0) is 37.1 Å². The van der Waals surface area contributed by atoms with Crippen LogP contribution in [0.3, 0.4) is 0 Å². The Morgan fingerprint density at radius 3 is 3.14 bits per heavy atom. The van der Waals surface area contributed by atoms with E-state index in [-0.39, 0.29) is 5.60 Å². The lowest BCUT2D eigenvalue weighted by molar-refractivity contribution is -0.137. The molecule has 4 rings (SSSR count). The van der Waals surface area contributed by atoms with E-state index in [2.05, 4.69) is 27.3 Å². The van der Waals surface area contributed by atoms with Gasteiger partial charge in [0.05, 0.1) is 5.60 Å². The number of ether oxygens (including phenoxy) is 1. The fourth-order valence-electron chi connectivity index (χ4n) is 4.29. The molecule has 1 amide bonds. The molecule has 4 nitrogen and oxygen atoms in total. The summed E-state index contributed by atoms with van der Waals surface area (Å²) in [5.41, 5.74) is -0.0109. The van der Waals surface area contributed by atoms with Crippen molar-refractivity contribution in [2.24, 2.45) is 0 Å². The highest BCUT2D eigenvalue weighted by atomic mass is 32.1. The Balaban J connectivity index is 1.40. The van der Waals surface area contributed by atoms with Crippen LogP contribution in [0.1, 0.15) is 37.0 Å². The molecule has 5 heteroatoms. The van der Waals surface area contributed by atoms with E-state index in [1.807, 2.05) is 11.3 Å². The van der Waals surface area contributed by atoms with Gasteiger partial charge in [-0.3, -0.25) is 9.69 Å². The zero-order valence-corrected chi connectivity index (χ0v) is 13.8. The molecule has 0 aliphatic carbocycles. The van der Waals surface area contributed by atoms with E-state index in [9.17, 15) is 4.79 Å². The molecule has 0 bridgehead atoms. The molecule has 1 spiro atoms. The predicted octanol–water partition coefficient (Wildman–Crippen LogP) is 2.49. The molecule has 120 valence electrons. The molecule has 22 heavy (non-hydrogen) atoms. The highest BCUT2D eigenvalue weighted by Gasteiger charge is 2.45. The molecule has 0 aromatic carbocycles. The number of hydrogen-bond acceptors (Lipinski definition) is 4. The second-order valence-corrected chi connectivity index (χ2v) is 7.94. The van der Waals surface area contributed by atoms with Gasteiger partial charge in [0, 0.05) is 50.1 Å². The van der Waals surface area contributed by atoms with Crippen LogP contribution in [0.15, 0.2) is 17.5 Å². The van der Waals surface area contributed by atoms with Gasteiger partial charge in [-0.1, -0.05) is 6.07 Å². The van der Waals surface area contributed by atoms with Crippen LogP contribution in [0.4, 0.5) is 0 Å². The maximum atomic E-state index is 12.0. The van der Waals surface area contributed by atoms with Gasteiger partial charge in [0.1, 0.15) is 0 Å². The van der Waals surface area contributed by atoms with E-state index in [0.717, 1.165) is 64.9 Å². The Morgan fingerprint density at radius 2 is 2.36 bits per heavy atom. The van der Waals surface area contributed by atoms with Crippen LogP contribution >= 0.6 is 11.3 Å². The molecule has 4 heterocycles. The largest absolute Gasteiger partial charge is 0.373 e. The first-order chi connectivity index (χ1) is 10.7. The van der Waals surface area contributed by atoms with Crippen LogP contribution in [-0.2, 0) is 16.1 Å². The third-order valence-electron chi connectivity index (χ3n) is 5.37. The first kappa shape index (κ1) is 14.7. The summed E-state index contributed by atoms with van der Waals surface area (Å²) in [7, 11) is 0. The Morgan fingerprint density at radius 1 is 1.41 bits per heavy atom. The predicted molar refractivity (Wildman–Crippen MR) is 86.9 cm³/mol. The van der Waals surface area contributed by atoms with Gasteiger partial charge < -0.3 is 9.64 Å². The van der Waals surface area contributed by atoms with Crippen LogP contribution in [0.2, 0.25) is 0 Å². The van der Waals surface area contributed by atoms with E-state index in [0.29, 0.717) is 11.9 Å². The number of hydrogen-bond donors (Lipinski definition) is 0. The minimum Gasteiger partial charge on any atom is -0.373 e. The van der Waals surface area contributed by atoms with Gasteiger partial charge in [-0.15, -0.1) is 11.3 Å². The Kier molecular flexibility index (Phi) is 3.96. The molecule has 3 aliphatic heterocycles. The molecule has 2 atom stereocenters. The first-order valence-electron chi connectivity index (χ1n) is 8.42. The number of rotatable bonds is 3. The second-order valence-electron chi connectivity index (χ2n) is 6.91. The van der Waals surface area contributed by atoms with Gasteiger partial charge in [0.15, 0.2) is 0 Å². The fraction of sp³-hybridized carbons (Fsp3) is 0.706. The molecular formula is C17H24N2O2S. The van der Waals surface area contributed by atoms with Gasteiger partial charge >= 0.3 is 0 Å². The fourth-order valence-corrected chi connectivity index (χ4v) is 5.04. The maximum Gasteiger partial charge on any atom is 0.222 e. The first-order valence-corrected chi connectivity index (χ1v) is 9.30. The minimum absolute atomic E-state index is 0.0109. The van der Waals surface area contributed by atoms with Crippen LogP contribution in [-0.4, -0.2) is 53.6 Å². The standard InChI is InChI=1S/C17H24N2O2S/c20-16-4-1-7-19(16)14-5-9-21-17(11-14)6-8-18(13-17)12-15-3-2-10-22-15/h2-3,10,14H,1,4-9,11-13H2/t14-,17+/m0/s1. The van der Waals surface area contributed by atoms with Crippen molar-refractivity contribution in [1.82, 2.24) is 9.80 Å². The highest BCUT2D eigenvalue weighted by molar-refractivity contribution is 7.09. The lowest BCUT2D eigenvalue weighted by Gasteiger charge is -2.41. The molecule has 1 aromatic heterocycles. The Hall–Kier alpha value is -0.910. The summed E-state index contributed by atoms with van der Waals surface area (Å²) < 4.78 is 6.22. The summed E-state index contributed by atoms with van der Waals surface area (Å²) in [6, 6.07) is 4.74. The third-order valence-corrected chi connectivity index (χ3v) is 6.23. The van der Waals surface area contributed by atoms with Crippen molar-refractivity contribution in [2.45, 2.75) is 50.3 Å². The topological polar surface area (TPSA) is 32.8 Å². The van der Waals surface area contributed by atoms with E-state index in [1.54, 1.807) is 0 Å². The number of carbonyl (C=O) groups excluding carboxylic acids is 1. The van der Waals surface area contributed by atoms with Gasteiger partial charge in [-0.2, -0.15) is 0 Å². The zero-order valence-electron chi connectivity index (χ0n) is 13.0. The highest BCUT2D eigenvalue weighted by Crippen LogP contribution is 2.37. The second kappa shape index (κ2) is 5.95. The van der Waals surface area contributed by atoms with E-state index in [4.69, 9.17) is 4.74 Å². The average molecular weight is 320 g/mol. The number of amides is 1. The van der Waals surface area contributed by atoms with Crippen LogP contribution < -0.4 is 0 Å². The quantitative estimate of drug-likeness (QED) is 0.858. The van der Waals surface area contributed by atoms with Crippen molar-refractivity contribution in [2.75, 3.05) is 26.2 Å². The number of likely N-dealkylation sites (tertiary alicyclic amines) is 2. The molecule has 0 unspecified atom stereocenters. The van der Waals surface area contributed by atoms with Crippen molar-refractivity contribution in [3.05, 3.63) is 22.4 Å². The third kappa shape index (κ3) is 2.82. The Bertz CT molecular complexity index is 533. The van der Waals surface area contributed by atoms with Crippen LogP contribution in [0.5, 0.6) is 0 Å². The normalized spacial score (nSPS) is 33.2. The smallest absolute Gasteiger partial charge is 0.222 e. The Labute approximate surface area is 136 Å². The zero-order chi connectivity index (χ0) is 15.0. The number of carbonyl (C=O) groups is 1. The lowest BCUT2D eigenvalue weighted by Crippen LogP contribution is -2.50. The monoisotopic (exact) mass is 320 g/mol. The summed E-state index contributed by atoms with van der Waals surface area (Å²) in [6.07, 6.45) is 4.93. The van der Waals surface area contributed by atoms with Crippen molar-refractivity contribution in [3.63, 3.8) is 0 Å². The summed E-state index contributed by atoms with van der Waals surface area (Å²) in [5.74, 6) is 0.357. The molecule has 0 radical (unpaired) electrons. The number of nitrogens with zero attached hydrogens (tertiary/aromatic N) is 2. The summed E-state index contributed by atoms with van der Waals surface area (Å²) in [5, 5.41) is 2.15. The van der Waals surface area contributed by atoms with Crippen molar-refractivity contribution >= 4 is 17.2 Å². The summed E-state index contributed by atoms with van der Waals surface area (Å²) in [6.45, 7) is 4.93. The molecular weight excluding hydrogens is 296 g/mol. The van der Waals surface area contributed by atoms with E-state index < -0.39 is 0 Å². The van der Waals surface area contributed by atoms with Crippen molar-refractivity contribution in [3.8, 4) is 0 Å². The summed E-state index contributed by atoms with van der Waals surface area (Å²) >= 11 is 1.83. The summed E-state index contributed by atoms with van der Waals surface area (Å²) in [4.78, 5) is 18.1. The van der Waals surface area contributed by atoms with E-state index >= 15 is 0 Å². The molecule has 0 saturated carbocycles. The number of thiophene rings is 1. The molecule has 3 aliphatic rings. The van der Waals surface area contributed by atoms with Crippen molar-refractivity contribution < 1.29 is 9.53 Å².